The lowest BCUT2D eigenvalue weighted by atomic mass is 10.2. The van der Waals surface area contributed by atoms with Crippen LogP contribution < -0.4 is 5.32 Å². The van der Waals surface area contributed by atoms with Crippen LogP contribution in [0.15, 0.2) is 6.07 Å². The summed E-state index contributed by atoms with van der Waals surface area (Å²) < 4.78 is 5.04. The minimum absolute atomic E-state index is 0.0473. The number of carboxylic acid groups (broad SMARTS) is 1. The number of aryl methyl sites for hydroxylation is 2. The number of ether oxygens (including phenoxy) is 1. The summed E-state index contributed by atoms with van der Waals surface area (Å²) in [5.41, 5.74) is 1.74. The Labute approximate surface area is 100 Å². The highest BCUT2D eigenvalue weighted by Crippen LogP contribution is 2.05. The van der Waals surface area contributed by atoms with Crippen molar-refractivity contribution >= 4 is 11.9 Å². The van der Waals surface area contributed by atoms with Crippen LogP contribution in [0.2, 0.25) is 0 Å². The third-order valence-electron chi connectivity index (χ3n) is 2.21. The van der Waals surface area contributed by atoms with Gasteiger partial charge >= 0.3 is 5.97 Å². The predicted molar refractivity (Wildman–Crippen MR) is 63.0 cm³/mol. The number of nitrogens with zero attached hydrogens (tertiary/aromatic N) is 2. The maximum Gasteiger partial charge on any atom is 0.306 e. The van der Waals surface area contributed by atoms with Crippen molar-refractivity contribution in [2.24, 2.45) is 0 Å². The Morgan fingerprint density at radius 1 is 1.47 bits per heavy atom. The summed E-state index contributed by atoms with van der Waals surface area (Å²) in [7, 11) is 1.48. The van der Waals surface area contributed by atoms with Crippen molar-refractivity contribution in [3.8, 4) is 0 Å². The molecule has 0 spiro atoms. The van der Waals surface area contributed by atoms with E-state index in [0.29, 0.717) is 12.5 Å². The number of methoxy groups -OCH3 is 1. The molecule has 0 saturated carbocycles. The molecule has 6 nitrogen and oxygen atoms in total. The smallest absolute Gasteiger partial charge is 0.306 e. The van der Waals surface area contributed by atoms with Crippen LogP contribution in [-0.4, -0.2) is 40.8 Å². The number of anilines is 1. The van der Waals surface area contributed by atoms with Crippen LogP contribution >= 0.6 is 0 Å². The Bertz CT molecular complexity index is 375. The highest BCUT2D eigenvalue weighted by atomic mass is 16.5. The van der Waals surface area contributed by atoms with E-state index in [1.165, 1.54) is 7.11 Å². The molecule has 1 heterocycles. The second kappa shape index (κ2) is 6.15. The molecule has 0 bridgehead atoms. The fourth-order valence-electron chi connectivity index (χ4n) is 1.44. The molecule has 0 aromatic carbocycles. The van der Waals surface area contributed by atoms with Gasteiger partial charge in [-0.2, -0.15) is 0 Å². The first-order valence-electron chi connectivity index (χ1n) is 5.32. The van der Waals surface area contributed by atoms with Crippen LogP contribution in [0, 0.1) is 13.8 Å². The van der Waals surface area contributed by atoms with Gasteiger partial charge < -0.3 is 15.2 Å². The number of hydrogen-bond donors (Lipinski definition) is 2. The molecule has 0 radical (unpaired) electrons. The van der Waals surface area contributed by atoms with Crippen LogP contribution in [0.1, 0.15) is 17.8 Å². The Kier molecular flexibility index (Phi) is 4.84. The number of carboxylic acids is 1. The normalized spacial score (nSPS) is 12.2. The number of aromatic nitrogens is 2. The summed E-state index contributed by atoms with van der Waals surface area (Å²) in [5, 5.41) is 11.6. The van der Waals surface area contributed by atoms with Gasteiger partial charge in [0.15, 0.2) is 0 Å². The van der Waals surface area contributed by atoms with Gasteiger partial charge in [0.25, 0.3) is 0 Å². The molecule has 1 aromatic heterocycles. The quantitative estimate of drug-likeness (QED) is 0.770. The number of aliphatic carboxylic acids is 1. The first-order chi connectivity index (χ1) is 8.01. The predicted octanol–water partition coefficient (Wildman–Crippen LogP) is 0.995. The fourth-order valence-corrected chi connectivity index (χ4v) is 1.44. The molecular weight excluding hydrogens is 222 g/mol. The van der Waals surface area contributed by atoms with Gasteiger partial charge in [0.05, 0.1) is 12.5 Å². The molecule has 0 saturated heterocycles. The SMILES string of the molecule is COC(CNc1nc(C)cc(C)n1)CC(=O)O. The Morgan fingerprint density at radius 2 is 2.06 bits per heavy atom. The van der Waals surface area contributed by atoms with Gasteiger partial charge in [-0.05, 0) is 19.9 Å². The lowest BCUT2D eigenvalue weighted by molar-refractivity contribution is -0.139. The molecule has 0 aliphatic heterocycles. The summed E-state index contributed by atoms with van der Waals surface area (Å²) in [5.74, 6) is -0.394. The largest absolute Gasteiger partial charge is 0.481 e. The van der Waals surface area contributed by atoms with E-state index in [-0.39, 0.29) is 6.42 Å². The number of nitrogens with one attached hydrogen (secondary N) is 1. The monoisotopic (exact) mass is 239 g/mol. The molecular formula is C11H17N3O3. The van der Waals surface area contributed by atoms with Gasteiger partial charge in [0.2, 0.25) is 5.95 Å². The molecule has 1 atom stereocenters. The first kappa shape index (κ1) is 13.4. The summed E-state index contributed by atoms with van der Waals surface area (Å²) in [6.07, 6.45) is -0.439. The Hall–Kier alpha value is -1.69. The van der Waals surface area contributed by atoms with E-state index in [1.54, 1.807) is 0 Å². The molecule has 6 heteroatoms. The molecule has 0 amide bonds. The van der Waals surface area contributed by atoms with E-state index in [1.807, 2.05) is 19.9 Å². The first-order valence-corrected chi connectivity index (χ1v) is 5.32. The van der Waals surface area contributed by atoms with E-state index in [4.69, 9.17) is 9.84 Å². The molecule has 0 aliphatic carbocycles. The van der Waals surface area contributed by atoms with E-state index >= 15 is 0 Å². The highest BCUT2D eigenvalue weighted by molar-refractivity contribution is 5.67. The highest BCUT2D eigenvalue weighted by Gasteiger charge is 2.12. The van der Waals surface area contributed by atoms with E-state index in [9.17, 15) is 4.79 Å². The van der Waals surface area contributed by atoms with Gasteiger partial charge in [-0.3, -0.25) is 4.79 Å². The van der Waals surface area contributed by atoms with Crippen molar-refractivity contribution in [1.82, 2.24) is 9.97 Å². The lowest BCUT2D eigenvalue weighted by Crippen LogP contribution is -2.25. The van der Waals surface area contributed by atoms with Crippen molar-refractivity contribution in [3.05, 3.63) is 17.5 Å². The minimum atomic E-state index is -0.889. The molecule has 1 aromatic rings. The van der Waals surface area contributed by atoms with Crippen LogP contribution in [0.3, 0.4) is 0 Å². The van der Waals surface area contributed by atoms with Crippen LogP contribution in [0.25, 0.3) is 0 Å². The van der Waals surface area contributed by atoms with Gasteiger partial charge in [0, 0.05) is 25.0 Å². The van der Waals surface area contributed by atoms with E-state index < -0.39 is 12.1 Å². The topological polar surface area (TPSA) is 84.3 Å². The molecule has 94 valence electrons. The van der Waals surface area contributed by atoms with Crippen molar-refractivity contribution < 1.29 is 14.6 Å². The third kappa shape index (κ3) is 4.78. The van der Waals surface area contributed by atoms with Gasteiger partial charge in [-0.1, -0.05) is 0 Å². The number of hydrogen-bond acceptors (Lipinski definition) is 5. The molecule has 1 unspecified atom stereocenters. The van der Waals surface area contributed by atoms with Crippen molar-refractivity contribution in [1.29, 1.82) is 0 Å². The van der Waals surface area contributed by atoms with Gasteiger partial charge in [-0.25, -0.2) is 9.97 Å². The second-order valence-electron chi connectivity index (χ2n) is 3.81. The Morgan fingerprint density at radius 3 is 2.53 bits per heavy atom. The van der Waals surface area contributed by atoms with Crippen molar-refractivity contribution in [2.75, 3.05) is 19.0 Å². The molecule has 0 fully saturated rings. The minimum Gasteiger partial charge on any atom is -0.481 e. The molecule has 17 heavy (non-hydrogen) atoms. The standard InChI is InChI=1S/C11H17N3O3/c1-7-4-8(2)14-11(13-7)12-6-9(17-3)5-10(15)16/h4,9H,5-6H2,1-3H3,(H,15,16)(H,12,13,14). The molecule has 0 aliphatic rings. The second-order valence-corrected chi connectivity index (χ2v) is 3.81. The van der Waals surface area contributed by atoms with Crippen molar-refractivity contribution in [3.63, 3.8) is 0 Å². The zero-order valence-electron chi connectivity index (χ0n) is 10.2. The van der Waals surface area contributed by atoms with Crippen LogP contribution in [0.5, 0.6) is 0 Å². The van der Waals surface area contributed by atoms with E-state index in [0.717, 1.165) is 11.4 Å². The number of rotatable bonds is 6. The summed E-state index contributed by atoms with van der Waals surface area (Å²) >= 11 is 0. The lowest BCUT2D eigenvalue weighted by Gasteiger charge is -2.14. The molecule has 1 rings (SSSR count). The summed E-state index contributed by atoms with van der Waals surface area (Å²) in [4.78, 5) is 18.9. The van der Waals surface area contributed by atoms with E-state index in [2.05, 4.69) is 15.3 Å². The molecule has 2 N–H and O–H groups in total. The summed E-state index contributed by atoms with van der Waals surface area (Å²) in [6.45, 7) is 4.13. The fraction of sp³-hybridized carbons (Fsp3) is 0.545. The maximum atomic E-state index is 10.5. The average Bonchev–Trinajstić information content (AvgIpc) is 2.22. The van der Waals surface area contributed by atoms with Gasteiger partial charge in [-0.15, -0.1) is 0 Å². The van der Waals surface area contributed by atoms with Crippen LogP contribution in [-0.2, 0) is 9.53 Å². The summed E-state index contributed by atoms with van der Waals surface area (Å²) in [6, 6.07) is 1.87. The third-order valence-corrected chi connectivity index (χ3v) is 2.21. The zero-order valence-corrected chi connectivity index (χ0v) is 10.2. The average molecular weight is 239 g/mol. The van der Waals surface area contributed by atoms with Gasteiger partial charge in [0.1, 0.15) is 0 Å². The number of carbonyl (C=O) groups is 1. The maximum absolute atomic E-state index is 10.5. The van der Waals surface area contributed by atoms with Crippen molar-refractivity contribution in [2.45, 2.75) is 26.4 Å². The zero-order chi connectivity index (χ0) is 12.8. The Balaban J connectivity index is 2.56. The van der Waals surface area contributed by atoms with Crippen LogP contribution in [0.4, 0.5) is 5.95 Å².